The van der Waals surface area contributed by atoms with Gasteiger partial charge in [0.15, 0.2) is 0 Å². The summed E-state index contributed by atoms with van der Waals surface area (Å²) in [7, 11) is 0. The first-order valence-corrected chi connectivity index (χ1v) is 9.04. The molecule has 0 saturated carbocycles. The summed E-state index contributed by atoms with van der Waals surface area (Å²) in [5.41, 5.74) is 2.40. The van der Waals surface area contributed by atoms with Crippen molar-refractivity contribution in [1.29, 1.82) is 0 Å². The van der Waals surface area contributed by atoms with Gasteiger partial charge in [-0.3, -0.25) is 4.79 Å². The van der Waals surface area contributed by atoms with Crippen LogP contribution in [0.3, 0.4) is 0 Å². The number of benzene rings is 1. The Kier molecular flexibility index (Phi) is 4.76. The molecule has 2 heterocycles. The Morgan fingerprint density at radius 2 is 1.92 bits per heavy atom. The fourth-order valence-electron chi connectivity index (χ4n) is 2.49. The number of aromatic nitrogens is 4. The van der Waals surface area contributed by atoms with Crippen LogP contribution in [0, 0.1) is 6.92 Å². The summed E-state index contributed by atoms with van der Waals surface area (Å²) < 4.78 is 1.85. The fraction of sp³-hybridized carbons (Fsp3) is 0.333. The van der Waals surface area contributed by atoms with Crippen molar-refractivity contribution >= 4 is 28.6 Å². The Bertz CT molecular complexity index is 899. The van der Waals surface area contributed by atoms with E-state index in [-0.39, 0.29) is 17.2 Å². The van der Waals surface area contributed by atoms with Gasteiger partial charge in [-0.15, -0.1) is 5.10 Å². The first-order valence-electron chi connectivity index (χ1n) is 8.05. The largest absolute Gasteiger partial charge is 0.351 e. The molecule has 0 spiro atoms. The minimum atomic E-state index is -0.252. The summed E-state index contributed by atoms with van der Waals surface area (Å²) in [4.78, 5) is 12.1. The minimum Gasteiger partial charge on any atom is -0.351 e. The molecule has 2 aromatic heterocycles. The fourth-order valence-corrected chi connectivity index (χ4v) is 3.26. The van der Waals surface area contributed by atoms with Gasteiger partial charge in [-0.2, -0.15) is 10.2 Å². The second-order valence-electron chi connectivity index (χ2n) is 6.83. The highest BCUT2D eigenvalue weighted by atomic mass is 32.2. The van der Waals surface area contributed by atoms with Gasteiger partial charge in [-0.25, -0.2) is 4.68 Å². The standard InChI is InChI=1S/C18H21N5OS/c1-12-14-10-19-23(13-8-6-5-7-9-13)16(14)17(22-21-12)25-11-15(24)20-18(2,3)4/h5-10H,11H2,1-4H3,(H,20,24). The van der Waals surface area contributed by atoms with Crippen molar-refractivity contribution in [2.45, 2.75) is 38.3 Å². The van der Waals surface area contributed by atoms with E-state index in [1.54, 1.807) is 6.20 Å². The molecule has 0 bridgehead atoms. The maximum atomic E-state index is 12.1. The zero-order valence-corrected chi connectivity index (χ0v) is 15.6. The number of hydrogen-bond donors (Lipinski definition) is 1. The van der Waals surface area contributed by atoms with Gasteiger partial charge in [-0.05, 0) is 39.8 Å². The number of para-hydroxylation sites is 1. The molecule has 0 fully saturated rings. The van der Waals surface area contributed by atoms with Gasteiger partial charge in [0.1, 0.15) is 10.5 Å². The zero-order valence-electron chi connectivity index (χ0n) is 14.8. The molecule has 0 aliphatic rings. The summed E-state index contributed by atoms with van der Waals surface area (Å²) in [6.45, 7) is 7.80. The van der Waals surface area contributed by atoms with Crippen molar-refractivity contribution in [3.05, 3.63) is 42.2 Å². The molecule has 0 aliphatic carbocycles. The third-order valence-electron chi connectivity index (χ3n) is 3.51. The van der Waals surface area contributed by atoms with Crippen LogP contribution in [0.1, 0.15) is 26.5 Å². The Hall–Kier alpha value is -2.41. The third-order valence-corrected chi connectivity index (χ3v) is 4.46. The topological polar surface area (TPSA) is 72.7 Å². The second-order valence-corrected chi connectivity index (χ2v) is 7.80. The van der Waals surface area contributed by atoms with E-state index in [1.807, 2.05) is 62.7 Å². The summed E-state index contributed by atoms with van der Waals surface area (Å²) in [5.74, 6) is 0.253. The average molecular weight is 355 g/mol. The molecule has 7 heteroatoms. The SMILES string of the molecule is Cc1nnc(SCC(=O)NC(C)(C)C)c2c1cnn2-c1ccccc1. The van der Waals surface area contributed by atoms with E-state index in [1.165, 1.54) is 11.8 Å². The molecule has 1 N–H and O–H groups in total. The van der Waals surface area contributed by atoms with E-state index in [2.05, 4.69) is 20.6 Å². The number of nitrogens with zero attached hydrogens (tertiary/aromatic N) is 4. The molecule has 1 aromatic carbocycles. The Balaban J connectivity index is 1.94. The molecular formula is C18H21N5OS. The molecule has 0 unspecified atom stereocenters. The average Bonchev–Trinajstić information content (AvgIpc) is 2.99. The van der Waals surface area contributed by atoms with Crippen LogP contribution < -0.4 is 5.32 Å². The van der Waals surface area contributed by atoms with Crippen LogP contribution in [0.2, 0.25) is 0 Å². The maximum Gasteiger partial charge on any atom is 0.230 e. The van der Waals surface area contributed by atoms with Gasteiger partial charge in [-0.1, -0.05) is 30.0 Å². The molecule has 0 radical (unpaired) electrons. The molecule has 3 rings (SSSR count). The van der Waals surface area contributed by atoms with Gasteiger partial charge in [0.2, 0.25) is 5.91 Å². The summed E-state index contributed by atoms with van der Waals surface area (Å²) in [6, 6.07) is 9.88. The van der Waals surface area contributed by atoms with Crippen LogP contribution in [-0.2, 0) is 4.79 Å². The predicted octanol–water partition coefficient (Wildman–Crippen LogP) is 3.13. The summed E-state index contributed by atoms with van der Waals surface area (Å²) in [6.07, 6.45) is 1.80. The third kappa shape index (κ3) is 3.99. The highest BCUT2D eigenvalue weighted by Gasteiger charge is 2.18. The highest BCUT2D eigenvalue weighted by Crippen LogP contribution is 2.28. The number of thioether (sulfide) groups is 1. The minimum absolute atomic E-state index is 0.0289. The smallest absolute Gasteiger partial charge is 0.230 e. The quantitative estimate of drug-likeness (QED) is 0.728. The van der Waals surface area contributed by atoms with Gasteiger partial charge < -0.3 is 5.32 Å². The van der Waals surface area contributed by atoms with E-state index < -0.39 is 0 Å². The molecular weight excluding hydrogens is 334 g/mol. The molecule has 1 amide bonds. The lowest BCUT2D eigenvalue weighted by Gasteiger charge is -2.20. The molecule has 0 saturated heterocycles. The lowest BCUT2D eigenvalue weighted by molar-refractivity contribution is -0.119. The zero-order chi connectivity index (χ0) is 18.0. The van der Waals surface area contributed by atoms with E-state index in [9.17, 15) is 4.79 Å². The van der Waals surface area contributed by atoms with Crippen LogP contribution in [0.15, 0.2) is 41.6 Å². The van der Waals surface area contributed by atoms with Crippen LogP contribution in [0.25, 0.3) is 16.6 Å². The van der Waals surface area contributed by atoms with Gasteiger partial charge in [0.05, 0.1) is 23.3 Å². The van der Waals surface area contributed by atoms with Crippen molar-refractivity contribution in [2.24, 2.45) is 0 Å². The van der Waals surface area contributed by atoms with E-state index in [4.69, 9.17) is 0 Å². The van der Waals surface area contributed by atoms with Gasteiger partial charge in [0, 0.05) is 10.9 Å². The van der Waals surface area contributed by atoms with Crippen molar-refractivity contribution in [3.63, 3.8) is 0 Å². The van der Waals surface area contributed by atoms with Gasteiger partial charge in [0.25, 0.3) is 0 Å². The lowest BCUT2D eigenvalue weighted by atomic mass is 10.1. The summed E-state index contributed by atoms with van der Waals surface area (Å²) in [5, 5.41) is 17.6. The number of fused-ring (bicyclic) bond motifs is 1. The van der Waals surface area contributed by atoms with Crippen LogP contribution in [-0.4, -0.2) is 37.2 Å². The number of carbonyl (C=O) groups excluding carboxylic acids is 1. The number of rotatable bonds is 4. The second kappa shape index (κ2) is 6.84. The van der Waals surface area contributed by atoms with Crippen molar-refractivity contribution in [3.8, 4) is 5.69 Å². The van der Waals surface area contributed by atoms with Crippen molar-refractivity contribution in [1.82, 2.24) is 25.3 Å². The number of aryl methyl sites for hydroxylation is 1. The molecule has 6 nitrogen and oxygen atoms in total. The highest BCUT2D eigenvalue weighted by molar-refractivity contribution is 8.00. The van der Waals surface area contributed by atoms with E-state index >= 15 is 0 Å². The number of nitrogens with one attached hydrogen (secondary N) is 1. The first-order chi connectivity index (χ1) is 11.8. The Morgan fingerprint density at radius 3 is 2.60 bits per heavy atom. The van der Waals surface area contributed by atoms with Gasteiger partial charge >= 0.3 is 0 Å². The molecule has 0 aliphatic heterocycles. The normalized spacial score (nSPS) is 11.7. The Labute approximate surface area is 151 Å². The van der Waals surface area contributed by atoms with Crippen molar-refractivity contribution < 1.29 is 4.79 Å². The lowest BCUT2D eigenvalue weighted by Crippen LogP contribution is -2.41. The molecule has 25 heavy (non-hydrogen) atoms. The molecule has 3 aromatic rings. The maximum absolute atomic E-state index is 12.1. The van der Waals surface area contributed by atoms with Crippen LogP contribution in [0.4, 0.5) is 0 Å². The first kappa shape index (κ1) is 17.4. The Morgan fingerprint density at radius 1 is 1.20 bits per heavy atom. The molecule has 0 atom stereocenters. The monoisotopic (exact) mass is 355 g/mol. The number of carbonyl (C=O) groups is 1. The van der Waals surface area contributed by atoms with Crippen molar-refractivity contribution in [2.75, 3.05) is 5.75 Å². The summed E-state index contributed by atoms with van der Waals surface area (Å²) >= 11 is 1.37. The number of hydrogen-bond acceptors (Lipinski definition) is 5. The van der Waals surface area contributed by atoms with Crippen LogP contribution >= 0.6 is 11.8 Å². The van der Waals surface area contributed by atoms with E-state index in [0.29, 0.717) is 5.03 Å². The number of amides is 1. The van der Waals surface area contributed by atoms with Crippen LogP contribution in [0.5, 0.6) is 0 Å². The predicted molar refractivity (Wildman–Crippen MR) is 100 cm³/mol. The van der Waals surface area contributed by atoms with E-state index in [0.717, 1.165) is 22.3 Å². The molecule has 130 valence electrons.